The molecule has 30 heavy (non-hydrogen) atoms. The number of aromatic amines is 1. The molecule has 4 aromatic rings. The fraction of sp³-hybridized carbons (Fsp3) is 0.0417. The summed E-state index contributed by atoms with van der Waals surface area (Å²) in [6, 6.07) is 21.3. The van der Waals surface area contributed by atoms with E-state index in [1.807, 2.05) is 66.7 Å². The van der Waals surface area contributed by atoms with Crippen LogP contribution in [-0.4, -0.2) is 20.7 Å². The number of hydrogen-bond donors (Lipinski definition) is 3. The number of aromatic nitrogens is 3. The van der Waals surface area contributed by atoms with E-state index in [1.54, 1.807) is 18.3 Å². The van der Waals surface area contributed by atoms with Gasteiger partial charge < -0.3 is 16.1 Å². The Morgan fingerprint density at radius 1 is 1.03 bits per heavy atom. The maximum Gasteiger partial charge on any atom is 0.132 e. The van der Waals surface area contributed by atoms with Crippen molar-refractivity contribution in [3.8, 4) is 22.5 Å². The molecule has 2 aromatic heterocycles. The Hall–Kier alpha value is -3.70. The molecular weight excluding hydrogens is 394 g/mol. The second kappa shape index (κ2) is 8.76. The van der Waals surface area contributed by atoms with E-state index in [2.05, 4.69) is 9.97 Å². The van der Waals surface area contributed by atoms with E-state index in [0.717, 1.165) is 33.6 Å². The zero-order valence-electron chi connectivity index (χ0n) is 16.1. The number of halogens is 1. The number of imidazole rings is 1. The summed E-state index contributed by atoms with van der Waals surface area (Å²) >= 11 is 5.92. The van der Waals surface area contributed by atoms with Gasteiger partial charge in [0.25, 0.3) is 0 Å². The van der Waals surface area contributed by atoms with E-state index in [0.29, 0.717) is 23.2 Å². The molecule has 0 spiro atoms. The zero-order chi connectivity index (χ0) is 20.9. The van der Waals surface area contributed by atoms with Crippen molar-refractivity contribution >= 4 is 29.2 Å². The first-order valence-electron chi connectivity index (χ1n) is 9.44. The SMILES string of the molecule is N=C(/C=C\c1nc(-c2ccc(CCl)cc2)c(-c2cccnc2N)[nH]1)c1ccccc1. The summed E-state index contributed by atoms with van der Waals surface area (Å²) in [6.07, 6.45) is 5.18. The van der Waals surface area contributed by atoms with Gasteiger partial charge in [0.15, 0.2) is 0 Å². The molecule has 6 heteroatoms. The average Bonchev–Trinajstić information content (AvgIpc) is 3.22. The van der Waals surface area contributed by atoms with Crippen molar-refractivity contribution in [1.29, 1.82) is 5.41 Å². The first-order chi connectivity index (χ1) is 14.7. The van der Waals surface area contributed by atoms with Gasteiger partial charge in [0, 0.05) is 23.2 Å². The number of nitrogens with one attached hydrogen (secondary N) is 2. The molecule has 4 N–H and O–H groups in total. The van der Waals surface area contributed by atoms with Gasteiger partial charge >= 0.3 is 0 Å². The molecule has 148 valence electrons. The molecule has 0 unspecified atom stereocenters. The number of nitrogens with zero attached hydrogens (tertiary/aromatic N) is 2. The van der Waals surface area contributed by atoms with E-state index in [4.69, 9.17) is 27.7 Å². The van der Waals surface area contributed by atoms with E-state index in [1.165, 1.54) is 0 Å². The Kier molecular flexibility index (Phi) is 5.72. The Morgan fingerprint density at radius 2 is 1.80 bits per heavy atom. The van der Waals surface area contributed by atoms with Gasteiger partial charge in [-0.15, -0.1) is 11.6 Å². The highest BCUT2D eigenvalue weighted by molar-refractivity contribution is 6.17. The largest absolute Gasteiger partial charge is 0.383 e. The number of anilines is 1. The average molecular weight is 414 g/mol. The summed E-state index contributed by atoms with van der Waals surface area (Å²) in [5.41, 5.74) is 11.7. The molecule has 2 heterocycles. The van der Waals surface area contributed by atoms with Crippen molar-refractivity contribution in [2.24, 2.45) is 0 Å². The van der Waals surface area contributed by atoms with Crippen LogP contribution in [0.25, 0.3) is 28.6 Å². The molecule has 0 saturated heterocycles. The first kappa shape index (κ1) is 19.6. The molecule has 4 rings (SSSR count). The van der Waals surface area contributed by atoms with Crippen LogP contribution in [0.2, 0.25) is 0 Å². The Balaban J connectivity index is 1.75. The summed E-state index contributed by atoms with van der Waals surface area (Å²) in [5.74, 6) is 1.51. The molecule has 0 atom stereocenters. The van der Waals surface area contributed by atoms with E-state index >= 15 is 0 Å². The lowest BCUT2D eigenvalue weighted by Gasteiger charge is -2.06. The number of hydrogen-bond acceptors (Lipinski definition) is 4. The Labute approximate surface area is 179 Å². The van der Waals surface area contributed by atoms with Crippen molar-refractivity contribution in [3.05, 3.63) is 96.0 Å². The highest BCUT2D eigenvalue weighted by Gasteiger charge is 2.16. The molecule has 0 bridgehead atoms. The molecule has 0 aliphatic rings. The highest BCUT2D eigenvalue weighted by atomic mass is 35.5. The van der Waals surface area contributed by atoms with Crippen LogP contribution in [0.5, 0.6) is 0 Å². The van der Waals surface area contributed by atoms with Crippen molar-refractivity contribution in [1.82, 2.24) is 15.0 Å². The van der Waals surface area contributed by atoms with Crippen LogP contribution in [0.15, 0.2) is 79.0 Å². The van der Waals surface area contributed by atoms with Gasteiger partial charge in [-0.1, -0.05) is 54.6 Å². The number of nitrogen functional groups attached to an aromatic ring is 1. The van der Waals surface area contributed by atoms with E-state index < -0.39 is 0 Å². The number of alkyl halides is 1. The second-order valence-corrected chi connectivity index (χ2v) is 6.99. The van der Waals surface area contributed by atoms with Crippen LogP contribution < -0.4 is 5.73 Å². The fourth-order valence-corrected chi connectivity index (χ4v) is 3.31. The monoisotopic (exact) mass is 413 g/mol. The van der Waals surface area contributed by atoms with Crippen LogP contribution in [0.1, 0.15) is 17.0 Å². The molecule has 0 aliphatic heterocycles. The van der Waals surface area contributed by atoms with Crippen LogP contribution in [-0.2, 0) is 5.88 Å². The summed E-state index contributed by atoms with van der Waals surface area (Å²) in [7, 11) is 0. The number of benzene rings is 2. The predicted molar refractivity (Wildman–Crippen MR) is 124 cm³/mol. The molecule has 0 aliphatic carbocycles. The molecule has 0 saturated carbocycles. The topological polar surface area (TPSA) is 91.4 Å². The van der Waals surface area contributed by atoms with Crippen molar-refractivity contribution in [2.75, 3.05) is 5.73 Å². The van der Waals surface area contributed by atoms with E-state index in [9.17, 15) is 0 Å². The van der Waals surface area contributed by atoms with Crippen LogP contribution in [0.4, 0.5) is 5.82 Å². The lowest BCUT2D eigenvalue weighted by atomic mass is 10.0. The van der Waals surface area contributed by atoms with Crippen LogP contribution >= 0.6 is 11.6 Å². The smallest absolute Gasteiger partial charge is 0.132 e. The predicted octanol–water partition coefficient (Wildman–Crippen LogP) is 5.54. The summed E-state index contributed by atoms with van der Waals surface area (Å²) in [5, 5.41) is 8.28. The molecule has 0 radical (unpaired) electrons. The third-order valence-corrected chi connectivity index (χ3v) is 5.01. The maximum atomic E-state index is 8.28. The van der Waals surface area contributed by atoms with Crippen LogP contribution in [0.3, 0.4) is 0 Å². The van der Waals surface area contributed by atoms with Crippen molar-refractivity contribution < 1.29 is 0 Å². The highest BCUT2D eigenvalue weighted by Crippen LogP contribution is 2.33. The normalized spacial score (nSPS) is 11.1. The van der Waals surface area contributed by atoms with Gasteiger partial charge in [-0.2, -0.15) is 0 Å². The standard InChI is InChI=1S/C24H20ClN5/c25-15-16-8-10-18(11-9-16)22-23(19-7-4-14-28-24(19)27)30-21(29-22)13-12-20(26)17-5-2-1-3-6-17/h1-14,26H,15H2,(H2,27,28)(H,29,30)/b13-12-,26-20?. The minimum atomic E-state index is 0.405. The van der Waals surface area contributed by atoms with Gasteiger partial charge in [-0.05, 0) is 35.4 Å². The number of allylic oxidation sites excluding steroid dienone is 1. The maximum absolute atomic E-state index is 8.28. The molecule has 2 aromatic carbocycles. The van der Waals surface area contributed by atoms with Gasteiger partial charge in [0.05, 0.1) is 17.1 Å². The summed E-state index contributed by atoms with van der Waals surface area (Å²) in [6.45, 7) is 0. The quantitative estimate of drug-likeness (QED) is 0.286. The van der Waals surface area contributed by atoms with E-state index in [-0.39, 0.29) is 0 Å². The Bertz CT molecular complexity index is 1190. The third-order valence-electron chi connectivity index (χ3n) is 4.70. The zero-order valence-corrected chi connectivity index (χ0v) is 16.9. The minimum Gasteiger partial charge on any atom is -0.383 e. The van der Waals surface area contributed by atoms with Gasteiger partial charge in [0.2, 0.25) is 0 Å². The van der Waals surface area contributed by atoms with Gasteiger partial charge in [-0.3, -0.25) is 0 Å². The van der Waals surface area contributed by atoms with Crippen molar-refractivity contribution in [3.63, 3.8) is 0 Å². The van der Waals surface area contributed by atoms with Crippen molar-refractivity contribution in [2.45, 2.75) is 5.88 Å². The number of rotatable bonds is 6. The minimum absolute atomic E-state index is 0.405. The third kappa shape index (κ3) is 4.16. The second-order valence-electron chi connectivity index (χ2n) is 6.73. The summed E-state index contributed by atoms with van der Waals surface area (Å²) < 4.78 is 0. The van der Waals surface area contributed by atoms with Gasteiger partial charge in [-0.25, -0.2) is 9.97 Å². The van der Waals surface area contributed by atoms with Gasteiger partial charge in [0.1, 0.15) is 11.6 Å². The molecular formula is C24H20ClN5. The number of pyridine rings is 1. The molecule has 0 amide bonds. The van der Waals surface area contributed by atoms with Crippen LogP contribution in [0, 0.1) is 5.41 Å². The first-order valence-corrected chi connectivity index (χ1v) is 9.97. The molecule has 0 fully saturated rings. The fourth-order valence-electron chi connectivity index (χ4n) is 3.13. The lowest BCUT2D eigenvalue weighted by molar-refractivity contribution is 1.26. The lowest BCUT2D eigenvalue weighted by Crippen LogP contribution is -1.94. The summed E-state index contributed by atoms with van der Waals surface area (Å²) in [4.78, 5) is 12.3. The number of H-pyrrole nitrogens is 1. The molecule has 5 nitrogen and oxygen atoms in total. The Morgan fingerprint density at radius 3 is 2.50 bits per heavy atom. The number of nitrogens with two attached hydrogens (primary N) is 1.